The Kier molecular flexibility index (Phi) is 5.58. The van der Waals surface area contributed by atoms with E-state index in [1.807, 2.05) is 31.2 Å². The van der Waals surface area contributed by atoms with Crippen LogP contribution >= 0.6 is 12.2 Å². The molecule has 0 saturated carbocycles. The van der Waals surface area contributed by atoms with Crippen LogP contribution in [0.3, 0.4) is 0 Å². The number of thiocarbonyl (C=S) groups is 1. The monoisotopic (exact) mass is 266 g/mol. The number of alkyl carbamates (subject to hydrolysis) is 1. The van der Waals surface area contributed by atoms with Gasteiger partial charge in [0.1, 0.15) is 0 Å². The van der Waals surface area contributed by atoms with E-state index in [9.17, 15) is 4.79 Å². The number of rotatable bonds is 3. The van der Waals surface area contributed by atoms with Crippen LogP contribution in [0.4, 0.5) is 10.5 Å². The van der Waals surface area contributed by atoms with Gasteiger partial charge in [-0.25, -0.2) is 4.79 Å². The summed E-state index contributed by atoms with van der Waals surface area (Å²) in [4.78, 5) is 11.2. The molecule has 0 unspecified atom stereocenters. The van der Waals surface area contributed by atoms with Crippen molar-refractivity contribution in [2.45, 2.75) is 26.7 Å². The molecule has 0 atom stereocenters. The molecule has 0 bridgehead atoms. The highest BCUT2D eigenvalue weighted by molar-refractivity contribution is 7.80. The minimum atomic E-state index is -0.546. The molecule has 0 spiro atoms. The van der Waals surface area contributed by atoms with Crippen molar-refractivity contribution in [3.05, 3.63) is 29.8 Å². The highest BCUT2D eigenvalue weighted by Crippen LogP contribution is 2.18. The standard InChI is InChI=1S/C13H18N2O2S/c1-4-14-12(16)17-13(18)15-11-7-5-6-10(8-11)9(2)3/h5-9H,4H2,1-3H3,(H,14,16)(H,15,18). The first-order valence-corrected chi connectivity index (χ1v) is 6.30. The van der Waals surface area contributed by atoms with Gasteiger partial charge in [-0.15, -0.1) is 0 Å². The Labute approximate surface area is 113 Å². The minimum absolute atomic E-state index is 0.0434. The first kappa shape index (κ1) is 14.4. The van der Waals surface area contributed by atoms with Gasteiger partial charge < -0.3 is 15.4 Å². The van der Waals surface area contributed by atoms with Crippen molar-refractivity contribution in [3.8, 4) is 0 Å². The molecule has 0 fully saturated rings. The molecule has 1 amide bonds. The molecular weight excluding hydrogens is 248 g/mol. The Bertz CT molecular complexity index is 433. The summed E-state index contributed by atoms with van der Waals surface area (Å²) in [6.07, 6.45) is -0.546. The second-order valence-corrected chi connectivity index (χ2v) is 4.48. The molecule has 1 rings (SSSR count). The number of anilines is 1. The van der Waals surface area contributed by atoms with Gasteiger partial charge in [-0.2, -0.15) is 0 Å². The number of carbonyl (C=O) groups is 1. The Morgan fingerprint density at radius 2 is 2.17 bits per heavy atom. The summed E-state index contributed by atoms with van der Waals surface area (Å²) in [6, 6.07) is 7.84. The summed E-state index contributed by atoms with van der Waals surface area (Å²) in [5.41, 5.74) is 2.01. The maximum atomic E-state index is 11.2. The predicted octanol–water partition coefficient (Wildman–Crippen LogP) is 3.25. The van der Waals surface area contributed by atoms with E-state index < -0.39 is 6.09 Å². The lowest BCUT2D eigenvalue weighted by Crippen LogP contribution is -2.28. The molecule has 0 aromatic heterocycles. The number of hydrogen-bond donors (Lipinski definition) is 2. The third-order valence-corrected chi connectivity index (χ3v) is 2.49. The Hall–Kier alpha value is -1.62. The molecule has 18 heavy (non-hydrogen) atoms. The van der Waals surface area contributed by atoms with Gasteiger partial charge in [-0.05, 0) is 42.8 Å². The maximum absolute atomic E-state index is 11.2. The molecule has 4 nitrogen and oxygen atoms in total. The van der Waals surface area contributed by atoms with Crippen molar-refractivity contribution in [1.82, 2.24) is 5.32 Å². The lowest BCUT2D eigenvalue weighted by Gasteiger charge is -2.11. The SMILES string of the molecule is CCNC(=O)OC(=S)Nc1cccc(C(C)C)c1. The van der Waals surface area contributed by atoms with Crippen LogP contribution in [0, 0.1) is 0 Å². The molecule has 5 heteroatoms. The van der Waals surface area contributed by atoms with Crippen molar-refractivity contribution in [3.63, 3.8) is 0 Å². The summed E-state index contributed by atoms with van der Waals surface area (Å²) >= 11 is 4.94. The second kappa shape index (κ2) is 6.96. The van der Waals surface area contributed by atoms with Crippen LogP contribution in [-0.2, 0) is 4.74 Å². The van der Waals surface area contributed by atoms with E-state index in [1.54, 1.807) is 0 Å². The van der Waals surface area contributed by atoms with Gasteiger partial charge in [-0.1, -0.05) is 26.0 Å². The molecule has 2 N–H and O–H groups in total. The fourth-order valence-corrected chi connectivity index (χ4v) is 1.58. The number of amides is 1. The zero-order chi connectivity index (χ0) is 13.5. The molecule has 0 aliphatic carbocycles. The van der Waals surface area contributed by atoms with Crippen molar-refractivity contribution in [2.24, 2.45) is 0 Å². The summed E-state index contributed by atoms with van der Waals surface area (Å²) in [7, 11) is 0. The molecular formula is C13H18N2O2S. The predicted molar refractivity (Wildman–Crippen MR) is 76.9 cm³/mol. The highest BCUT2D eigenvalue weighted by Gasteiger charge is 2.06. The van der Waals surface area contributed by atoms with Gasteiger partial charge in [0.2, 0.25) is 0 Å². The topological polar surface area (TPSA) is 50.4 Å². The third kappa shape index (κ3) is 4.71. The molecule has 98 valence electrons. The first-order valence-electron chi connectivity index (χ1n) is 5.89. The van der Waals surface area contributed by atoms with Gasteiger partial charge in [0, 0.05) is 12.2 Å². The summed E-state index contributed by atoms with van der Waals surface area (Å²) < 4.78 is 4.87. The van der Waals surface area contributed by atoms with Gasteiger partial charge in [0.25, 0.3) is 5.17 Å². The first-order chi connectivity index (χ1) is 8.52. The smallest absolute Gasteiger partial charge is 0.382 e. The van der Waals surface area contributed by atoms with Gasteiger partial charge >= 0.3 is 6.09 Å². The number of carbonyl (C=O) groups excluding carboxylic acids is 1. The fraction of sp³-hybridized carbons (Fsp3) is 0.385. The van der Waals surface area contributed by atoms with E-state index in [1.165, 1.54) is 5.56 Å². The normalized spacial score (nSPS) is 10.0. The van der Waals surface area contributed by atoms with Crippen LogP contribution in [0.1, 0.15) is 32.3 Å². The van der Waals surface area contributed by atoms with Crippen LogP contribution < -0.4 is 10.6 Å². The van der Waals surface area contributed by atoms with E-state index in [0.29, 0.717) is 12.5 Å². The number of ether oxygens (including phenoxy) is 1. The number of benzene rings is 1. The molecule has 1 aromatic carbocycles. The molecule has 0 radical (unpaired) electrons. The Morgan fingerprint density at radius 1 is 1.44 bits per heavy atom. The third-order valence-electron chi connectivity index (χ3n) is 2.31. The van der Waals surface area contributed by atoms with Crippen molar-refractivity contribution < 1.29 is 9.53 Å². The largest absolute Gasteiger partial charge is 0.414 e. The minimum Gasteiger partial charge on any atom is -0.382 e. The summed E-state index contributed by atoms with van der Waals surface area (Å²) in [6.45, 7) is 6.54. The van der Waals surface area contributed by atoms with Gasteiger partial charge in [0.05, 0.1) is 0 Å². The van der Waals surface area contributed by atoms with Gasteiger partial charge in [0.15, 0.2) is 0 Å². The summed E-state index contributed by atoms with van der Waals surface area (Å²) in [5.74, 6) is 0.435. The number of hydrogen-bond acceptors (Lipinski definition) is 3. The van der Waals surface area contributed by atoms with Crippen LogP contribution in [0.2, 0.25) is 0 Å². The number of nitrogens with one attached hydrogen (secondary N) is 2. The average molecular weight is 266 g/mol. The quantitative estimate of drug-likeness (QED) is 0.825. The molecule has 0 heterocycles. The van der Waals surface area contributed by atoms with Crippen molar-refractivity contribution in [2.75, 3.05) is 11.9 Å². The van der Waals surface area contributed by atoms with Crippen LogP contribution in [0.25, 0.3) is 0 Å². The molecule has 0 aliphatic rings. The van der Waals surface area contributed by atoms with Crippen LogP contribution in [-0.4, -0.2) is 17.8 Å². The van der Waals surface area contributed by atoms with E-state index in [2.05, 4.69) is 24.5 Å². The van der Waals surface area contributed by atoms with E-state index in [-0.39, 0.29) is 5.17 Å². The van der Waals surface area contributed by atoms with Crippen molar-refractivity contribution in [1.29, 1.82) is 0 Å². The van der Waals surface area contributed by atoms with Crippen LogP contribution in [0.15, 0.2) is 24.3 Å². The highest BCUT2D eigenvalue weighted by atomic mass is 32.1. The van der Waals surface area contributed by atoms with E-state index >= 15 is 0 Å². The van der Waals surface area contributed by atoms with Crippen LogP contribution in [0.5, 0.6) is 0 Å². The summed E-state index contributed by atoms with van der Waals surface area (Å²) in [5, 5.41) is 5.42. The average Bonchev–Trinajstić information content (AvgIpc) is 2.29. The Morgan fingerprint density at radius 3 is 2.78 bits per heavy atom. The maximum Gasteiger partial charge on any atom is 0.414 e. The fourth-order valence-electron chi connectivity index (χ4n) is 1.38. The molecule has 0 aliphatic heterocycles. The zero-order valence-corrected chi connectivity index (χ0v) is 11.6. The lowest BCUT2D eigenvalue weighted by atomic mass is 10.0. The van der Waals surface area contributed by atoms with E-state index in [0.717, 1.165) is 5.69 Å². The second-order valence-electron chi connectivity index (χ2n) is 4.11. The van der Waals surface area contributed by atoms with Gasteiger partial charge in [-0.3, -0.25) is 0 Å². The zero-order valence-electron chi connectivity index (χ0n) is 10.8. The lowest BCUT2D eigenvalue weighted by molar-refractivity contribution is 0.199. The molecule has 1 aromatic rings. The van der Waals surface area contributed by atoms with Crippen molar-refractivity contribution >= 4 is 29.2 Å². The van der Waals surface area contributed by atoms with E-state index in [4.69, 9.17) is 17.0 Å². The molecule has 0 saturated heterocycles. The Balaban J connectivity index is 2.59.